The number of benzene rings is 2. The smallest absolute Gasteiger partial charge is 0.274 e. The number of imidazole rings is 1. The molecule has 2 aromatic carbocycles. The van der Waals surface area contributed by atoms with Crippen LogP contribution in [0.3, 0.4) is 0 Å². The van der Waals surface area contributed by atoms with E-state index in [0.717, 1.165) is 5.56 Å². The summed E-state index contributed by atoms with van der Waals surface area (Å²) < 4.78 is 13.0. The number of nitrogens with one attached hydrogen (secondary N) is 1. The van der Waals surface area contributed by atoms with Crippen LogP contribution in [0.15, 0.2) is 54.6 Å². The summed E-state index contributed by atoms with van der Waals surface area (Å²) in [6.07, 6.45) is 0. The molecule has 0 atom stereocenters. The monoisotopic (exact) mass is 431 g/mol. The maximum Gasteiger partial charge on any atom is 0.274 e. The molecule has 8 nitrogen and oxygen atoms in total. The molecule has 0 bridgehead atoms. The molecule has 0 fully saturated rings. The first kappa shape index (κ1) is 21.4. The Hall–Kier alpha value is -3.83. The molecule has 2 heterocycles. The zero-order valence-corrected chi connectivity index (χ0v) is 18.0. The Labute approximate surface area is 187 Å². The van der Waals surface area contributed by atoms with Crippen molar-refractivity contribution in [2.24, 2.45) is 0 Å². The van der Waals surface area contributed by atoms with Crippen molar-refractivity contribution < 1.29 is 14.3 Å². The van der Waals surface area contributed by atoms with Gasteiger partial charge in [0.05, 0.1) is 18.2 Å². The van der Waals surface area contributed by atoms with Crippen LogP contribution in [0.1, 0.15) is 27.4 Å². The Balaban J connectivity index is 1.67. The van der Waals surface area contributed by atoms with E-state index in [0.29, 0.717) is 61.4 Å². The first-order valence-corrected chi connectivity index (χ1v) is 10.5. The molecule has 32 heavy (non-hydrogen) atoms. The largest absolute Gasteiger partial charge is 0.486 e. The van der Waals surface area contributed by atoms with Crippen molar-refractivity contribution in [3.63, 3.8) is 0 Å². The van der Waals surface area contributed by atoms with E-state index in [1.54, 1.807) is 36.3 Å². The second-order valence-electron chi connectivity index (χ2n) is 7.44. The summed E-state index contributed by atoms with van der Waals surface area (Å²) in [5, 5.41) is 12.4. The normalized spacial score (nSPS) is 13.1. The van der Waals surface area contributed by atoms with Crippen LogP contribution in [0, 0.1) is 11.3 Å². The van der Waals surface area contributed by atoms with Crippen LogP contribution in [0.5, 0.6) is 5.75 Å². The minimum atomic E-state index is -0.0804. The highest BCUT2D eigenvalue weighted by Crippen LogP contribution is 2.24. The summed E-state index contributed by atoms with van der Waals surface area (Å²) in [7, 11) is 1.63. The van der Waals surface area contributed by atoms with Crippen molar-refractivity contribution in [3.8, 4) is 11.8 Å². The number of hydrogen-bond donors (Lipinski definition) is 1. The van der Waals surface area contributed by atoms with Gasteiger partial charge in [-0.1, -0.05) is 36.4 Å². The molecule has 1 aromatic heterocycles. The second kappa shape index (κ2) is 9.98. The van der Waals surface area contributed by atoms with Crippen LogP contribution in [-0.4, -0.2) is 53.7 Å². The molecule has 0 saturated carbocycles. The number of carbonyl (C=O) groups excluding carboxylic acids is 1. The number of aromatic nitrogens is 2. The SMILES string of the molecule is COCCN1CCNc2nc(COc3cccc(C#N)c3)n(Cc3ccccc3)c2C1=O. The standard InChI is InChI=1S/C24H25N5O3/c1-31-13-12-28-11-10-26-23-22(24(28)30)29(16-18-6-3-2-4-7-18)21(27-23)17-32-20-9-5-8-19(14-20)15-25/h2-9,14,26H,10-13,16-17H2,1H3. The van der Waals surface area contributed by atoms with Crippen molar-refractivity contribution in [1.82, 2.24) is 14.5 Å². The van der Waals surface area contributed by atoms with Gasteiger partial charge in [-0.15, -0.1) is 0 Å². The molecule has 0 saturated heterocycles. The number of rotatable bonds is 8. The average Bonchev–Trinajstić information content (AvgIpc) is 3.08. The van der Waals surface area contributed by atoms with Crippen molar-refractivity contribution in [2.45, 2.75) is 13.2 Å². The van der Waals surface area contributed by atoms with E-state index in [4.69, 9.17) is 19.7 Å². The lowest BCUT2D eigenvalue weighted by Crippen LogP contribution is -2.36. The number of nitriles is 1. The third kappa shape index (κ3) is 4.74. The van der Waals surface area contributed by atoms with E-state index >= 15 is 0 Å². The van der Waals surface area contributed by atoms with Crippen molar-refractivity contribution in [2.75, 3.05) is 38.7 Å². The summed E-state index contributed by atoms with van der Waals surface area (Å²) in [5.41, 5.74) is 2.10. The number of ether oxygens (including phenoxy) is 2. The molecule has 1 aliphatic heterocycles. The van der Waals surface area contributed by atoms with E-state index in [2.05, 4.69) is 11.4 Å². The number of carbonyl (C=O) groups is 1. The minimum absolute atomic E-state index is 0.0804. The van der Waals surface area contributed by atoms with Gasteiger partial charge in [0, 0.05) is 33.3 Å². The van der Waals surface area contributed by atoms with Gasteiger partial charge in [0.25, 0.3) is 5.91 Å². The van der Waals surface area contributed by atoms with Gasteiger partial charge in [0.2, 0.25) is 0 Å². The lowest BCUT2D eigenvalue weighted by molar-refractivity contribution is 0.0699. The van der Waals surface area contributed by atoms with Gasteiger partial charge in [-0.3, -0.25) is 4.79 Å². The third-order valence-corrected chi connectivity index (χ3v) is 5.29. The maximum atomic E-state index is 13.4. The number of nitrogens with zero attached hydrogens (tertiary/aromatic N) is 4. The second-order valence-corrected chi connectivity index (χ2v) is 7.44. The fourth-order valence-corrected chi connectivity index (χ4v) is 3.66. The zero-order valence-electron chi connectivity index (χ0n) is 18.0. The number of anilines is 1. The van der Waals surface area contributed by atoms with Crippen LogP contribution in [0.4, 0.5) is 5.82 Å². The molecule has 1 N–H and O–H groups in total. The lowest BCUT2D eigenvalue weighted by Gasteiger charge is -2.21. The van der Waals surface area contributed by atoms with Gasteiger partial charge < -0.3 is 24.3 Å². The summed E-state index contributed by atoms with van der Waals surface area (Å²) in [5.74, 6) is 1.70. The Bertz CT molecular complexity index is 1120. The number of methoxy groups -OCH3 is 1. The summed E-state index contributed by atoms with van der Waals surface area (Å²) >= 11 is 0. The van der Waals surface area contributed by atoms with Crippen LogP contribution in [0.25, 0.3) is 0 Å². The fourth-order valence-electron chi connectivity index (χ4n) is 3.66. The van der Waals surface area contributed by atoms with Gasteiger partial charge in [-0.05, 0) is 23.8 Å². The molecular weight excluding hydrogens is 406 g/mol. The van der Waals surface area contributed by atoms with E-state index in [1.165, 1.54) is 0 Å². The fraction of sp³-hybridized carbons (Fsp3) is 0.292. The Morgan fingerprint density at radius 3 is 2.81 bits per heavy atom. The molecule has 0 radical (unpaired) electrons. The molecular formula is C24H25N5O3. The molecule has 1 aliphatic rings. The minimum Gasteiger partial charge on any atom is -0.486 e. The van der Waals surface area contributed by atoms with E-state index in [1.807, 2.05) is 34.9 Å². The molecule has 8 heteroatoms. The van der Waals surface area contributed by atoms with Gasteiger partial charge in [0.1, 0.15) is 18.2 Å². The average molecular weight is 431 g/mol. The first-order valence-electron chi connectivity index (χ1n) is 10.5. The molecule has 4 rings (SSSR count). The van der Waals surface area contributed by atoms with Crippen LogP contribution in [0.2, 0.25) is 0 Å². The quantitative estimate of drug-likeness (QED) is 0.590. The molecule has 3 aromatic rings. The van der Waals surface area contributed by atoms with E-state index < -0.39 is 0 Å². The number of fused-ring (bicyclic) bond motifs is 1. The molecule has 0 unspecified atom stereocenters. The summed E-state index contributed by atoms with van der Waals surface area (Å²) in [6.45, 7) is 2.83. The van der Waals surface area contributed by atoms with Crippen LogP contribution >= 0.6 is 0 Å². The highest BCUT2D eigenvalue weighted by Gasteiger charge is 2.29. The Morgan fingerprint density at radius 1 is 1.19 bits per heavy atom. The molecule has 0 aliphatic carbocycles. The molecule has 1 amide bonds. The van der Waals surface area contributed by atoms with Crippen molar-refractivity contribution in [1.29, 1.82) is 5.26 Å². The van der Waals surface area contributed by atoms with Crippen molar-refractivity contribution >= 4 is 11.7 Å². The molecule has 164 valence electrons. The Kier molecular flexibility index (Phi) is 6.68. The first-order chi connectivity index (χ1) is 15.7. The molecule has 0 spiro atoms. The topological polar surface area (TPSA) is 92.4 Å². The van der Waals surface area contributed by atoms with Crippen LogP contribution < -0.4 is 10.1 Å². The van der Waals surface area contributed by atoms with E-state index in [9.17, 15) is 4.79 Å². The summed E-state index contributed by atoms with van der Waals surface area (Å²) in [4.78, 5) is 19.9. The maximum absolute atomic E-state index is 13.4. The van der Waals surface area contributed by atoms with Gasteiger partial charge in [-0.25, -0.2) is 4.98 Å². The van der Waals surface area contributed by atoms with Crippen LogP contribution in [-0.2, 0) is 17.9 Å². The van der Waals surface area contributed by atoms with Gasteiger partial charge in [-0.2, -0.15) is 5.26 Å². The lowest BCUT2D eigenvalue weighted by atomic mass is 10.2. The highest BCUT2D eigenvalue weighted by atomic mass is 16.5. The van der Waals surface area contributed by atoms with Gasteiger partial charge >= 0.3 is 0 Å². The predicted octanol–water partition coefficient (Wildman–Crippen LogP) is 2.90. The van der Waals surface area contributed by atoms with Crippen molar-refractivity contribution in [3.05, 3.63) is 77.2 Å². The predicted molar refractivity (Wildman–Crippen MR) is 120 cm³/mol. The van der Waals surface area contributed by atoms with Gasteiger partial charge in [0.15, 0.2) is 11.5 Å². The highest BCUT2D eigenvalue weighted by molar-refractivity contribution is 5.98. The summed E-state index contributed by atoms with van der Waals surface area (Å²) in [6, 6.07) is 19.0. The number of amides is 1. The Morgan fingerprint density at radius 2 is 2.03 bits per heavy atom. The zero-order chi connectivity index (χ0) is 22.3. The number of hydrogen-bond acceptors (Lipinski definition) is 6. The van der Waals surface area contributed by atoms with E-state index in [-0.39, 0.29) is 12.5 Å². The third-order valence-electron chi connectivity index (χ3n) is 5.29.